The lowest BCUT2D eigenvalue weighted by Gasteiger charge is -2.47. The minimum Gasteiger partial charge on any atom is -0.504 e. The smallest absolute Gasteiger partial charge is 0.254 e. The Morgan fingerprint density at radius 2 is 1.89 bits per heavy atom. The van der Waals surface area contributed by atoms with Gasteiger partial charge in [0.2, 0.25) is 0 Å². The van der Waals surface area contributed by atoms with Gasteiger partial charge in [-0.25, -0.2) is 4.98 Å². The number of piperidine rings is 1. The first-order chi connectivity index (χ1) is 17.4. The number of benzene rings is 1. The number of pyridine rings is 1. The number of carbonyl (C=O) groups is 1. The van der Waals surface area contributed by atoms with Crippen LogP contribution in [0.1, 0.15) is 61.0 Å². The normalized spacial score (nSPS) is 20.9. The van der Waals surface area contributed by atoms with Crippen molar-refractivity contribution >= 4 is 11.7 Å². The van der Waals surface area contributed by atoms with Gasteiger partial charge < -0.3 is 21.1 Å². The van der Waals surface area contributed by atoms with E-state index in [1.165, 1.54) is 36.2 Å². The highest BCUT2D eigenvalue weighted by Crippen LogP contribution is 2.30. The van der Waals surface area contributed by atoms with Gasteiger partial charge in [-0.1, -0.05) is 43.7 Å². The first-order valence-corrected chi connectivity index (χ1v) is 13.4. The number of aromatic nitrogens is 1. The molecule has 0 spiro atoms. The van der Waals surface area contributed by atoms with Crippen LogP contribution >= 0.6 is 0 Å². The first-order valence-electron chi connectivity index (χ1n) is 13.4. The van der Waals surface area contributed by atoms with Gasteiger partial charge in [-0.15, -0.1) is 0 Å². The number of nitrogens with zero attached hydrogens (tertiary/aromatic N) is 4. The molecule has 196 valence electrons. The average Bonchev–Trinajstić information content (AvgIpc) is 2.90. The molecule has 0 radical (unpaired) electrons. The summed E-state index contributed by atoms with van der Waals surface area (Å²) >= 11 is 0. The second kappa shape index (κ2) is 12.0. The molecule has 8 heteroatoms. The highest BCUT2D eigenvalue weighted by molar-refractivity contribution is 5.94. The molecule has 0 saturated carbocycles. The summed E-state index contributed by atoms with van der Waals surface area (Å²) in [6, 6.07) is 11.4. The molecule has 2 unspecified atom stereocenters. The molecule has 4 N–H and O–H groups in total. The van der Waals surface area contributed by atoms with Gasteiger partial charge in [-0.3, -0.25) is 14.6 Å². The number of anilines is 1. The van der Waals surface area contributed by atoms with Crippen LogP contribution in [0.2, 0.25) is 0 Å². The van der Waals surface area contributed by atoms with Crippen molar-refractivity contribution in [2.24, 2.45) is 5.73 Å². The zero-order valence-corrected chi connectivity index (χ0v) is 22.0. The van der Waals surface area contributed by atoms with Crippen molar-refractivity contribution in [3.63, 3.8) is 0 Å². The van der Waals surface area contributed by atoms with Crippen LogP contribution < -0.4 is 16.0 Å². The van der Waals surface area contributed by atoms with Gasteiger partial charge in [0.1, 0.15) is 0 Å². The summed E-state index contributed by atoms with van der Waals surface area (Å²) in [5.41, 5.74) is 8.84. The van der Waals surface area contributed by atoms with E-state index in [9.17, 15) is 9.90 Å². The van der Waals surface area contributed by atoms with Gasteiger partial charge in [0.05, 0.1) is 11.7 Å². The molecule has 1 aromatic heterocycles. The average molecular weight is 495 g/mol. The third-order valence-corrected chi connectivity index (χ3v) is 7.72. The second-order valence-electron chi connectivity index (χ2n) is 10.3. The summed E-state index contributed by atoms with van der Waals surface area (Å²) in [6.45, 7) is 12.2. The minimum atomic E-state index is -0.410. The van der Waals surface area contributed by atoms with E-state index < -0.39 is 6.17 Å². The fraction of sp³-hybridized carbons (Fsp3) is 0.571. The number of piperazine rings is 1. The van der Waals surface area contributed by atoms with Gasteiger partial charge in [-0.2, -0.15) is 0 Å². The Hall–Kier alpha value is -2.68. The molecule has 1 aromatic carbocycles. The molecule has 1 amide bonds. The van der Waals surface area contributed by atoms with E-state index in [1.807, 2.05) is 6.92 Å². The number of nitrogens with one attached hydrogen (secondary N) is 1. The van der Waals surface area contributed by atoms with E-state index in [0.717, 1.165) is 45.7 Å². The van der Waals surface area contributed by atoms with Crippen LogP contribution in [0, 0.1) is 6.92 Å². The maximum Gasteiger partial charge on any atom is 0.254 e. The first kappa shape index (κ1) is 26.4. The number of amides is 1. The highest BCUT2D eigenvalue weighted by Gasteiger charge is 2.34. The molecule has 4 rings (SSSR count). The third-order valence-electron chi connectivity index (χ3n) is 7.72. The Balaban J connectivity index is 1.32. The van der Waals surface area contributed by atoms with Gasteiger partial charge in [0.25, 0.3) is 5.91 Å². The molecule has 8 nitrogen and oxygen atoms in total. The van der Waals surface area contributed by atoms with Gasteiger partial charge in [-0.05, 0) is 57.3 Å². The molecular formula is C28H42N6O2. The molecule has 0 aliphatic carbocycles. The molecule has 0 bridgehead atoms. The Bertz CT molecular complexity index is 1010. The number of likely N-dealkylation sites (tertiary alicyclic amines) is 1. The summed E-state index contributed by atoms with van der Waals surface area (Å²) in [5, 5.41) is 13.4. The standard InChI is InChI=1S/C28H42N6O2/c1-4-23-19-33(27-25(35)16-22(17-30-27)28(36)31-26(29)5-2)14-15-34(23)24-10-12-32(13-11-24)18-21-8-6-20(3)7-9-21/h6-9,16-17,23-24,26,35H,4-5,10-15,18-19,29H2,1-3H3,(H,31,36). The fourth-order valence-corrected chi connectivity index (χ4v) is 5.43. The topological polar surface area (TPSA) is 98.0 Å². The van der Waals surface area contributed by atoms with E-state index >= 15 is 0 Å². The fourth-order valence-electron chi connectivity index (χ4n) is 5.43. The van der Waals surface area contributed by atoms with Crippen molar-refractivity contribution in [1.82, 2.24) is 20.1 Å². The molecule has 2 saturated heterocycles. The van der Waals surface area contributed by atoms with Gasteiger partial charge in [0.15, 0.2) is 11.6 Å². The molecule has 2 aliphatic heterocycles. The maximum absolute atomic E-state index is 12.3. The zero-order chi connectivity index (χ0) is 25.7. The molecule has 2 aliphatic rings. The summed E-state index contributed by atoms with van der Waals surface area (Å²) in [6.07, 6.45) is 5.19. The summed E-state index contributed by atoms with van der Waals surface area (Å²) in [4.78, 5) is 24.2. The Labute approximate surface area is 215 Å². The largest absolute Gasteiger partial charge is 0.504 e. The van der Waals surface area contributed by atoms with Crippen molar-refractivity contribution in [1.29, 1.82) is 0 Å². The maximum atomic E-state index is 12.3. The second-order valence-corrected chi connectivity index (χ2v) is 10.3. The van der Waals surface area contributed by atoms with Crippen LogP contribution in [0.4, 0.5) is 5.82 Å². The van der Waals surface area contributed by atoms with Crippen LogP contribution in [0.3, 0.4) is 0 Å². The van der Waals surface area contributed by atoms with Gasteiger partial charge >= 0.3 is 0 Å². The van der Waals surface area contributed by atoms with Crippen molar-refractivity contribution in [2.75, 3.05) is 37.6 Å². The number of aryl methyl sites for hydroxylation is 1. The van der Waals surface area contributed by atoms with Crippen LogP contribution in [0.5, 0.6) is 5.75 Å². The SMILES string of the molecule is CCC(N)NC(=O)c1cnc(N2CCN(C3CCN(Cc4ccc(C)cc4)CC3)C(CC)C2)c(O)c1. The van der Waals surface area contributed by atoms with E-state index in [0.29, 0.717) is 29.9 Å². The lowest BCUT2D eigenvalue weighted by atomic mass is 9.97. The van der Waals surface area contributed by atoms with Crippen molar-refractivity contribution < 1.29 is 9.90 Å². The Morgan fingerprint density at radius 1 is 1.17 bits per heavy atom. The number of aromatic hydroxyl groups is 1. The number of rotatable bonds is 8. The van der Waals surface area contributed by atoms with Gasteiger partial charge in [0, 0.05) is 44.5 Å². The van der Waals surface area contributed by atoms with Crippen LogP contribution in [0.25, 0.3) is 0 Å². The van der Waals surface area contributed by atoms with Crippen LogP contribution in [-0.2, 0) is 6.54 Å². The summed E-state index contributed by atoms with van der Waals surface area (Å²) in [7, 11) is 0. The van der Waals surface area contributed by atoms with Crippen LogP contribution in [0.15, 0.2) is 36.5 Å². The molecular weight excluding hydrogens is 452 g/mol. The van der Waals surface area contributed by atoms with E-state index in [4.69, 9.17) is 5.73 Å². The lowest BCUT2D eigenvalue weighted by Crippen LogP contribution is -2.58. The monoisotopic (exact) mass is 494 g/mol. The predicted octanol–water partition coefficient (Wildman–Crippen LogP) is 3.09. The predicted molar refractivity (Wildman–Crippen MR) is 144 cm³/mol. The number of nitrogens with two attached hydrogens (primary N) is 1. The van der Waals surface area contributed by atoms with E-state index in [-0.39, 0.29) is 11.7 Å². The zero-order valence-electron chi connectivity index (χ0n) is 22.0. The summed E-state index contributed by atoms with van der Waals surface area (Å²) in [5.74, 6) is 0.279. The molecule has 3 heterocycles. The van der Waals surface area contributed by atoms with Crippen molar-refractivity contribution in [3.8, 4) is 5.75 Å². The number of hydrogen-bond donors (Lipinski definition) is 3. The minimum absolute atomic E-state index is 0.0421. The molecule has 36 heavy (non-hydrogen) atoms. The Morgan fingerprint density at radius 3 is 2.53 bits per heavy atom. The quantitative estimate of drug-likeness (QED) is 0.485. The van der Waals surface area contributed by atoms with Crippen LogP contribution in [-0.4, -0.2) is 76.8 Å². The number of hydrogen-bond acceptors (Lipinski definition) is 7. The third kappa shape index (κ3) is 6.35. The molecule has 2 fully saturated rings. The van der Waals surface area contributed by atoms with Crippen molar-refractivity contribution in [2.45, 2.75) is 71.2 Å². The summed E-state index contributed by atoms with van der Waals surface area (Å²) < 4.78 is 0. The lowest BCUT2D eigenvalue weighted by molar-refractivity contribution is 0.0609. The highest BCUT2D eigenvalue weighted by atomic mass is 16.3. The Kier molecular flexibility index (Phi) is 8.82. The van der Waals surface area contributed by atoms with Crippen molar-refractivity contribution in [3.05, 3.63) is 53.2 Å². The molecule has 2 atom stereocenters. The number of carbonyl (C=O) groups excluding carboxylic acids is 1. The van der Waals surface area contributed by atoms with E-state index in [2.05, 4.69) is 63.1 Å². The van der Waals surface area contributed by atoms with E-state index in [1.54, 1.807) is 0 Å². The molecule has 2 aromatic rings.